The standard InChI is InChI=1S/C13H20O2/c1-8(2)10-6-5-7-11(14)12(10)13(15)9(3)4/h5-9,12-13,15H,1-4H3. The molecule has 1 aliphatic carbocycles. The lowest BCUT2D eigenvalue weighted by Gasteiger charge is -2.29. The summed E-state index contributed by atoms with van der Waals surface area (Å²) in [6, 6.07) is 0. The van der Waals surface area contributed by atoms with E-state index >= 15 is 0 Å². The van der Waals surface area contributed by atoms with E-state index in [4.69, 9.17) is 0 Å². The van der Waals surface area contributed by atoms with Gasteiger partial charge in [0.15, 0.2) is 5.78 Å². The third-order valence-corrected chi connectivity index (χ3v) is 2.91. The highest BCUT2D eigenvalue weighted by Crippen LogP contribution is 2.30. The van der Waals surface area contributed by atoms with Gasteiger partial charge in [-0.05, 0) is 17.9 Å². The van der Waals surface area contributed by atoms with Gasteiger partial charge in [-0.1, -0.05) is 45.4 Å². The van der Waals surface area contributed by atoms with E-state index in [0.717, 1.165) is 5.57 Å². The molecule has 0 saturated carbocycles. The Bertz CT molecular complexity index is 298. The van der Waals surface area contributed by atoms with Gasteiger partial charge in [0, 0.05) is 0 Å². The van der Waals surface area contributed by atoms with Gasteiger partial charge in [0.1, 0.15) is 0 Å². The first-order valence-electron chi connectivity index (χ1n) is 5.55. The molecule has 0 heterocycles. The van der Waals surface area contributed by atoms with Crippen LogP contribution in [0.5, 0.6) is 0 Å². The fourth-order valence-corrected chi connectivity index (χ4v) is 1.93. The Morgan fingerprint density at radius 3 is 2.33 bits per heavy atom. The smallest absolute Gasteiger partial charge is 0.165 e. The molecule has 0 amide bonds. The predicted molar refractivity (Wildman–Crippen MR) is 61.4 cm³/mol. The van der Waals surface area contributed by atoms with Crippen molar-refractivity contribution in [3.05, 3.63) is 23.8 Å². The number of carbonyl (C=O) groups is 1. The molecule has 0 saturated heterocycles. The average Bonchev–Trinajstić information content (AvgIpc) is 2.16. The zero-order chi connectivity index (χ0) is 11.6. The van der Waals surface area contributed by atoms with Gasteiger partial charge in [0.2, 0.25) is 0 Å². The maximum atomic E-state index is 11.8. The van der Waals surface area contributed by atoms with E-state index in [0.29, 0.717) is 5.92 Å². The monoisotopic (exact) mass is 208 g/mol. The van der Waals surface area contributed by atoms with E-state index < -0.39 is 6.10 Å². The number of ketones is 1. The van der Waals surface area contributed by atoms with Gasteiger partial charge in [0.25, 0.3) is 0 Å². The number of carbonyl (C=O) groups excluding carboxylic acids is 1. The van der Waals surface area contributed by atoms with Gasteiger partial charge in [-0.3, -0.25) is 4.79 Å². The Hall–Kier alpha value is -0.890. The molecular weight excluding hydrogens is 188 g/mol. The summed E-state index contributed by atoms with van der Waals surface area (Å²) in [5, 5.41) is 10.0. The van der Waals surface area contributed by atoms with Crippen LogP contribution < -0.4 is 0 Å². The molecule has 0 aromatic heterocycles. The molecule has 84 valence electrons. The van der Waals surface area contributed by atoms with E-state index in [1.165, 1.54) is 0 Å². The third kappa shape index (κ3) is 2.57. The van der Waals surface area contributed by atoms with Crippen molar-refractivity contribution in [2.75, 3.05) is 0 Å². The van der Waals surface area contributed by atoms with E-state index in [1.807, 2.05) is 19.9 Å². The van der Waals surface area contributed by atoms with E-state index in [9.17, 15) is 9.90 Å². The summed E-state index contributed by atoms with van der Waals surface area (Å²) >= 11 is 0. The molecule has 1 rings (SSSR count). The molecule has 1 aliphatic rings. The van der Waals surface area contributed by atoms with Crippen molar-refractivity contribution in [1.29, 1.82) is 0 Å². The second-order valence-corrected chi connectivity index (χ2v) is 4.80. The lowest BCUT2D eigenvalue weighted by atomic mass is 9.77. The van der Waals surface area contributed by atoms with Crippen LogP contribution in [0, 0.1) is 17.8 Å². The molecule has 2 heteroatoms. The topological polar surface area (TPSA) is 37.3 Å². The van der Waals surface area contributed by atoms with Crippen molar-refractivity contribution >= 4 is 5.78 Å². The Balaban J connectivity index is 2.98. The van der Waals surface area contributed by atoms with Crippen molar-refractivity contribution in [2.45, 2.75) is 33.8 Å². The fraction of sp³-hybridized carbons (Fsp3) is 0.615. The van der Waals surface area contributed by atoms with Crippen LogP contribution in [0.4, 0.5) is 0 Å². The molecule has 2 nitrogen and oxygen atoms in total. The molecule has 2 unspecified atom stereocenters. The molecule has 2 atom stereocenters. The lowest BCUT2D eigenvalue weighted by Crippen LogP contribution is -2.35. The quantitative estimate of drug-likeness (QED) is 0.773. The summed E-state index contributed by atoms with van der Waals surface area (Å²) in [6.45, 7) is 7.99. The minimum absolute atomic E-state index is 0.0300. The Morgan fingerprint density at radius 1 is 1.27 bits per heavy atom. The number of allylic oxidation sites excluding steroid dienone is 3. The van der Waals surface area contributed by atoms with Crippen LogP contribution in [0.2, 0.25) is 0 Å². The maximum Gasteiger partial charge on any atom is 0.165 e. The highest BCUT2D eigenvalue weighted by atomic mass is 16.3. The first-order valence-corrected chi connectivity index (χ1v) is 5.55. The van der Waals surface area contributed by atoms with Gasteiger partial charge < -0.3 is 5.11 Å². The van der Waals surface area contributed by atoms with Crippen LogP contribution in [0.1, 0.15) is 27.7 Å². The normalized spacial score (nSPS) is 23.5. The van der Waals surface area contributed by atoms with E-state index in [-0.39, 0.29) is 17.6 Å². The number of rotatable bonds is 3. The van der Waals surface area contributed by atoms with Crippen molar-refractivity contribution in [3.8, 4) is 0 Å². The highest BCUT2D eigenvalue weighted by molar-refractivity contribution is 5.95. The average molecular weight is 208 g/mol. The van der Waals surface area contributed by atoms with Gasteiger partial charge in [-0.2, -0.15) is 0 Å². The summed E-state index contributed by atoms with van der Waals surface area (Å²) in [7, 11) is 0. The van der Waals surface area contributed by atoms with Crippen LogP contribution in [0.15, 0.2) is 23.8 Å². The number of aliphatic hydroxyl groups excluding tert-OH is 1. The second-order valence-electron chi connectivity index (χ2n) is 4.80. The van der Waals surface area contributed by atoms with Crippen molar-refractivity contribution in [1.82, 2.24) is 0 Å². The Kier molecular flexibility index (Phi) is 3.86. The number of hydrogen-bond donors (Lipinski definition) is 1. The molecule has 0 fully saturated rings. The SMILES string of the molecule is CC(C)C1=CC=CC(=O)C1C(O)C(C)C. The minimum atomic E-state index is -0.573. The summed E-state index contributed by atoms with van der Waals surface area (Å²) in [4.78, 5) is 11.8. The molecule has 0 spiro atoms. The first kappa shape index (κ1) is 12.2. The number of aliphatic hydroxyl groups is 1. The molecule has 0 aromatic carbocycles. The predicted octanol–water partition coefficient (Wildman–Crippen LogP) is 2.34. The largest absolute Gasteiger partial charge is 0.392 e. The van der Waals surface area contributed by atoms with Crippen molar-refractivity contribution < 1.29 is 9.90 Å². The molecule has 0 aliphatic heterocycles. The van der Waals surface area contributed by atoms with Crippen LogP contribution in [0.25, 0.3) is 0 Å². The molecule has 0 aromatic rings. The third-order valence-electron chi connectivity index (χ3n) is 2.91. The summed E-state index contributed by atoms with van der Waals surface area (Å²) in [5.74, 6) is 0.0994. The van der Waals surface area contributed by atoms with Crippen LogP contribution in [-0.2, 0) is 4.79 Å². The molecule has 0 bridgehead atoms. The molecule has 0 radical (unpaired) electrons. The summed E-state index contributed by atoms with van der Waals surface area (Å²) < 4.78 is 0. The maximum absolute atomic E-state index is 11.8. The Morgan fingerprint density at radius 2 is 1.87 bits per heavy atom. The van der Waals surface area contributed by atoms with Crippen LogP contribution >= 0.6 is 0 Å². The zero-order valence-electron chi connectivity index (χ0n) is 9.90. The molecule has 15 heavy (non-hydrogen) atoms. The van der Waals surface area contributed by atoms with Gasteiger partial charge in [-0.15, -0.1) is 0 Å². The van der Waals surface area contributed by atoms with E-state index in [1.54, 1.807) is 12.2 Å². The van der Waals surface area contributed by atoms with E-state index in [2.05, 4.69) is 13.8 Å². The minimum Gasteiger partial charge on any atom is -0.392 e. The first-order chi connectivity index (χ1) is 6.95. The lowest BCUT2D eigenvalue weighted by molar-refractivity contribution is -0.121. The Labute approximate surface area is 91.7 Å². The highest BCUT2D eigenvalue weighted by Gasteiger charge is 2.32. The van der Waals surface area contributed by atoms with Gasteiger partial charge in [-0.25, -0.2) is 0 Å². The zero-order valence-corrected chi connectivity index (χ0v) is 9.90. The van der Waals surface area contributed by atoms with Gasteiger partial charge in [0.05, 0.1) is 12.0 Å². The van der Waals surface area contributed by atoms with Crippen molar-refractivity contribution in [2.24, 2.45) is 17.8 Å². The molecule has 1 N–H and O–H groups in total. The van der Waals surface area contributed by atoms with Crippen molar-refractivity contribution in [3.63, 3.8) is 0 Å². The van der Waals surface area contributed by atoms with Crippen LogP contribution in [-0.4, -0.2) is 17.0 Å². The number of hydrogen-bond acceptors (Lipinski definition) is 2. The summed E-state index contributed by atoms with van der Waals surface area (Å²) in [5.41, 5.74) is 1.05. The van der Waals surface area contributed by atoms with Crippen LogP contribution in [0.3, 0.4) is 0 Å². The summed E-state index contributed by atoms with van der Waals surface area (Å²) in [6.07, 6.45) is 4.72. The fourth-order valence-electron chi connectivity index (χ4n) is 1.93. The molecular formula is C13H20O2. The second kappa shape index (κ2) is 4.75. The van der Waals surface area contributed by atoms with Gasteiger partial charge >= 0.3 is 0 Å².